The van der Waals surface area contributed by atoms with E-state index >= 15 is 0 Å². The molecule has 0 spiro atoms. The molecule has 0 radical (unpaired) electrons. The lowest BCUT2D eigenvalue weighted by molar-refractivity contribution is -0.153. The third kappa shape index (κ3) is 6.03. The van der Waals surface area contributed by atoms with E-state index in [1.54, 1.807) is 0 Å². The van der Waals surface area contributed by atoms with Gasteiger partial charge in [0.15, 0.2) is 0 Å². The van der Waals surface area contributed by atoms with Crippen molar-refractivity contribution in [1.29, 1.82) is 0 Å². The lowest BCUT2D eigenvalue weighted by atomic mass is 9.97. The Balaban J connectivity index is 4.46. The largest absolute Gasteiger partial charge is 0.481 e. The maximum atomic E-state index is 11.6. The number of aliphatic carboxylic acids is 2. The Kier molecular flexibility index (Phi) is 7.42. The first kappa shape index (κ1) is 16.1. The van der Waals surface area contributed by atoms with Gasteiger partial charge >= 0.3 is 17.9 Å². The zero-order chi connectivity index (χ0) is 14.1. The Morgan fingerprint density at radius 3 is 2.28 bits per heavy atom. The third-order valence-electron chi connectivity index (χ3n) is 2.35. The standard InChI is InChI=1S/C12H18O6/c1-3-4-5-6-18-12(17)9(7-10(13)14)8(2)11(15)16/h9H,2-7H2,1H3,(H,13,14)(H,15,16). The smallest absolute Gasteiger partial charge is 0.331 e. The lowest BCUT2D eigenvalue weighted by Crippen LogP contribution is -2.26. The molecule has 0 aromatic heterocycles. The van der Waals surface area contributed by atoms with Gasteiger partial charge in [-0.2, -0.15) is 0 Å². The molecule has 0 aromatic carbocycles. The Bertz CT molecular complexity index is 333. The molecule has 0 aliphatic carbocycles. The van der Waals surface area contributed by atoms with E-state index < -0.39 is 35.8 Å². The molecule has 0 aliphatic heterocycles. The average Bonchev–Trinajstić information content (AvgIpc) is 2.30. The molecule has 18 heavy (non-hydrogen) atoms. The first-order valence-electron chi connectivity index (χ1n) is 5.70. The highest BCUT2D eigenvalue weighted by Crippen LogP contribution is 2.16. The Hall–Kier alpha value is -1.85. The molecule has 1 atom stereocenters. The Labute approximate surface area is 105 Å². The molecule has 6 heteroatoms. The van der Waals surface area contributed by atoms with Crippen LogP contribution in [-0.4, -0.2) is 34.7 Å². The molecule has 0 rings (SSSR count). The van der Waals surface area contributed by atoms with Crippen LogP contribution in [0.25, 0.3) is 0 Å². The van der Waals surface area contributed by atoms with E-state index in [-0.39, 0.29) is 6.61 Å². The van der Waals surface area contributed by atoms with Crippen LogP contribution in [0.3, 0.4) is 0 Å². The first-order chi connectivity index (χ1) is 8.40. The quantitative estimate of drug-likeness (QED) is 0.369. The Morgan fingerprint density at radius 1 is 1.22 bits per heavy atom. The fraction of sp³-hybridized carbons (Fsp3) is 0.583. The summed E-state index contributed by atoms with van der Waals surface area (Å²) in [5, 5.41) is 17.4. The van der Waals surface area contributed by atoms with Crippen molar-refractivity contribution in [2.75, 3.05) is 6.61 Å². The van der Waals surface area contributed by atoms with Crippen LogP contribution in [0.4, 0.5) is 0 Å². The van der Waals surface area contributed by atoms with Gasteiger partial charge in [0.25, 0.3) is 0 Å². The van der Waals surface area contributed by atoms with Gasteiger partial charge in [-0.25, -0.2) is 4.79 Å². The van der Waals surface area contributed by atoms with E-state index in [0.29, 0.717) is 6.42 Å². The van der Waals surface area contributed by atoms with Crippen molar-refractivity contribution in [3.8, 4) is 0 Å². The summed E-state index contributed by atoms with van der Waals surface area (Å²) in [6.07, 6.45) is 1.88. The second-order valence-electron chi connectivity index (χ2n) is 3.86. The molecule has 0 bridgehead atoms. The molecule has 102 valence electrons. The SMILES string of the molecule is C=C(C(=O)O)C(CC(=O)O)C(=O)OCCCCC. The average molecular weight is 258 g/mol. The molecule has 6 nitrogen and oxygen atoms in total. The molecular formula is C12H18O6. The molecule has 0 aliphatic rings. The molecule has 0 saturated carbocycles. The fourth-order valence-electron chi connectivity index (χ4n) is 1.30. The van der Waals surface area contributed by atoms with Crippen LogP contribution in [0.2, 0.25) is 0 Å². The molecular weight excluding hydrogens is 240 g/mol. The fourth-order valence-corrected chi connectivity index (χ4v) is 1.30. The van der Waals surface area contributed by atoms with Crippen molar-refractivity contribution in [3.05, 3.63) is 12.2 Å². The predicted molar refractivity (Wildman–Crippen MR) is 63.0 cm³/mol. The second kappa shape index (κ2) is 8.27. The molecule has 1 unspecified atom stereocenters. The van der Waals surface area contributed by atoms with Crippen molar-refractivity contribution in [1.82, 2.24) is 0 Å². The topological polar surface area (TPSA) is 101 Å². The molecule has 2 N–H and O–H groups in total. The van der Waals surface area contributed by atoms with Gasteiger partial charge in [0, 0.05) is 5.57 Å². The molecule has 0 amide bonds. The number of carboxylic acids is 2. The van der Waals surface area contributed by atoms with Crippen molar-refractivity contribution in [2.24, 2.45) is 5.92 Å². The highest BCUT2D eigenvalue weighted by Gasteiger charge is 2.29. The van der Waals surface area contributed by atoms with Gasteiger partial charge in [-0.1, -0.05) is 26.3 Å². The van der Waals surface area contributed by atoms with Gasteiger partial charge in [0.2, 0.25) is 0 Å². The minimum atomic E-state index is -1.40. The molecule has 0 fully saturated rings. The molecule has 0 aromatic rings. The van der Waals surface area contributed by atoms with Crippen LogP contribution in [0.1, 0.15) is 32.6 Å². The van der Waals surface area contributed by atoms with Gasteiger partial charge < -0.3 is 14.9 Å². The van der Waals surface area contributed by atoms with E-state index in [1.807, 2.05) is 6.92 Å². The number of carboxylic acid groups (broad SMARTS) is 2. The van der Waals surface area contributed by atoms with Crippen LogP contribution in [0.5, 0.6) is 0 Å². The van der Waals surface area contributed by atoms with Gasteiger partial charge in [0.05, 0.1) is 18.9 Å². The molecule has 0 saturated heterocycles. The minimum absolute atomic E-state index is 0.162. The minimum Gasteiger partial charge on any atom is -0.481 e. The number of hydrogen-bond donors (Lipinski definition) is 2. The van der Waals surface area contributed by atoms with Crippen LogP contribution >= 0.6 is 0 Å². The highest BCUT2D eigenvalue weighted by atomic mass is 16.5. The van der Waals surface area contributed by atoms with E-state index in [0.717, 1.165) is 12.8 Å². The zero-order valence-electron chi connectivity index (χ0n) is 10.3. The van der Waals surface area contributed by atoms with Crippen LogP contribution in [-0.2, 0) is 19.1 Å². The van der Waals surface area contributed by atoms with Crippen molar-refractivity contribution < 1.29 is 29.3 Å². The first-order valence-corrected chi connectivity index (χ1v) is 5.70. The summed E-state index contributed by atoms with van der Waals surface area (Å²) in [4.78, 5) is 32.9. The zero-order valence-corrected chi connectivity index (χ0v) is 10.3. The van der Waals surface area contributed by atoms with Crippen LogP contribution in [0.15, 0.2) is 12.2 Å². The monoisotopic (exact) mass is 258 g/mol. The summed E-state index contributed by atoms with van der Waals surface area (Å²) in [5.74, 6) is -4.85. The van der Waals surface area contributed by atoms with Crippen molar-refractivity contribution in [3.63, 3.8) is 0 Å². The second-order valence-corrected chi connectivity index (χ2v) is 3.86. The number of carbonyl (C=O) groups excluding carboxylic acids is 1. The van der Waals surface area contributed by atoms with Gasteiger partial charge in [-0.15, -0.1) is 0 Å². The summed E-state index contributed by atoms with van der Waals surface area (Å²) >= 11 is 0. The van der Waals surface area contributed by atoms with Gasteiger partial charge in [0.1, 0.15) is 0 Å². The lowest BCUT2D eigenvalue weighted by Gasteiger charge is -2.13. The number of unbranched alkanes of at least 4 members (excludes halogenated alkanes) is 2. The number of hydrogen-bond acceptors (Lipinski definition) is 4. The number of ether oxygens (including phenoxy) is 1. The van der Waals surface area contributed by atoms with Crippen molar-refractivity contribution >= 4 is 17.9 Å². The van der Waals surface area contributed by atoms with Crippen LogP contribution in [0, 0.1) is 5.92 Å². The van der Waals surface area contributed by atoms with E-state index in [2.05, 4.69) is 6.58 Å². The molecule has 0 heterocycles. The van der Waals surface area contributed by atoms with Crippen molar-refractivity contribution in [2.45, 2.75) is 32.6 Å². The number of esters is 1. The third-order valence-corrected chi connectivity index (χ3v) is 2.35. The summed E-state index contributed by atoms with van der Waals surface area (Å²) in [7, 11) is 0. The van der Waals surface area contributed by atoms with E-state index in [1.165, 1.54) is 0 Å². The number of carbonyl (C=O) groups is 3. The summed E-state index contributed by atoms with van der Waals surface area (Å²) in [6, 6.07) is 0. The van der Waals surface area contributed by atoms with Gasteiger partial charge in [-0.3, -0.25) is 9.59 Å². The van der Waals surface area contributed by atoms with Gasteiger partial charge in [-0.05, 0) is 6.42 Å². The number of rotatable bonds is 9. The Morgan fingerprint density at radius 2 is 1.83 bits per heavy atom. The summed E-state index contributed by atoms with van der Waals surface area (Å²) in [5.41, 5.74) is -0.460. The normalized spacial score (nSPS) is 11.6. The maximum absolute atomic E-state index is 11.6. The maximum Gasteiger partial charge on any atom is 0.331 e. The van der Waals surface area contributed by atoms with Crippen LogP contribution < -0.4 is 0 Å². The summed E-state index contributed by atoms with van der Waals surface area (Å²) < 4.78 is 4.85. The predicted octanol–water partition coefficient (Wildman–Crippen LogP) is 1.45. The highest BCUT2D eigenvalue weighted by molar-refractivity contribution is 5.95. The summed E-state index contributed by atoms with van der Waals surface area (Å²) in [6.45, 7) is 5.36. The van der Waals surface area contributed by atoms with E-state index in [4.69, 9.17) is 14.9 Å². The van der Waals surface area contributed by atoms with E-state index in [9.17, 15) is 14.4 Å².